The number of ether oxygens (including phenoxy) is 1. The summed E-state index contributed by atoms with van der Waals surface area (Å²) >= 11 is 0. The molecule has 0 aromatic heterocycles. The lowest BCUT2D eigenvalue weighted by atomic mass is 10.1. The van der Waals surface area contributed by atoms with Gasteiger partial charge in [0.05, 0.1) is 17.4 Å². The molecule has 8 heteroatoms. The van der Waals surface area contributed by atoms with Crippen LogP contribution in [-0.2, 0) is 19.4 Å². The van der Waals surface area contributed by atoms with Crippen molar-refractivity contribution < 1.29 is 27.9 Å². The molecule has 2 N–H and O–H groups in total. The molecule has 114 valence electrons. The van der Waals surface area contributed by atoms with E-state index in [-0.39, 0.29) is 17.4 Å². The van der Waals surface area contributed by atoms with Crippen LogP contribution in [0, 0.1) is 5.92 Å². The number of carboxylic acids is 1. The molecule has 1 aliphatic rings. The maximum absolute atomic E-state index is 11.9. The summed E-state index contributed by atoms with van der Waals surface area (Å²) in [7, 11) is -3.09. The number of carbonyl (C=O) groups excluding carboxylic acids is 1. The zero-order valence-corrected chi connectivity index (χ0v) is 11.9. The normalized spacial score (nSPS) is 19.9. The number of hydrogen-bond acceptors (Lipinski definition) is 5. The molecule has 1 saturated heterocycles. The van der Waals surface area contributed by atoms with Crippen molar-refractivity contribution in [3.63, 3.8) is 0 Å². The van der Waals surface area contributed by atoms with Gasteiger partial charge in [0, 0.05) is 5.69 Å². The Morgan fingerprint density at radius 2 is 1.95 bits per heavy atom. The number of hydrogen-bond donors (Lipinski definition) is 2. The highest BCUT2D eigenvalue weighted by atomic mass is 32.2. The molecular weight excluding hydrogens is 298 g/mol. The van der Waals surface area contributed by atoms with Crippen molar-refractivity contribution in [1.29, 1.82) is 0 Å². The number of sulfone groups is 1. The fourth-order valence-electron chi connectivity index (χ4n) is 2.03. The van der Waals surface area contributed by atoms with E-state index in [1.54, 1.807) is 12.1 Å². The first-order chi connectivity index (χ1) is 9.85. The number of carboxylic acid groups (broad SMARTS) is 1. The molecule has 1 amide bonds. The summed E-state index contributed by atoms with van der Waals surface area (Å²) in [6.07, 6.45) is 0.341. The second kappa shape index (κ2) is 6.13. The number of carbonyl (C=O) groups is 2. The highest BCUT2D eigenvalue weighted by molar-refractivity contribution is 7.91. The summed E-state index contributed by atoms with van der Waals surface area (Å²) in [6.45, 7) is -0.439. The van der Waals surface area contributed by atoms with Gasteiger partial charge < -0.3 is 15.2 Å². The summed E-state index contributed by atoms with van der Waals surface area (Å²) in [5.41, 5.74) is 0.506. The predicted molar refractivity (Wildman–Crippen MR) is 75.0 cm³/mol. The van der Waals surface area contributed by atoms with Gasteiger partial charge in [-0.05, 0) is 30.7 Å². The van der Waals surface area contributed by atoms with Crippen molar-refractivity contribution in [3.8, 4) is 5.75 Å². The van der Waals surface area contributed by atoms with Crippen LogP contribution in [0.4, 0.5) is 5.69 Å². The zero-order chi connectivity index (χ0) is 15.5. The van der Waals surface area contributed by atoms with E-state index >= 15 is 0 Å². The number of amides is 1. The van der Waals surface area contributed by atoms with Gasteiger partial charge in [-0.15, -0.1) is 0 Å². The molecule has 0 radical (unpaired) electrons. The van der Waals surface area contributed by atoms with Crippen LogP contribution in [-0.4, -0.2) is 43.5 Å². The van der Waals surface area contributed by atoms with Crippen molar-refractivity contribution in [2.75, 3.05) is 23.4 Å². The Kier molecular flexibility index (Phi) is 4.46. The smallest absolute Gasteiger partial charge is 0.341 e. The van der Waals surface area contributed by atoms with E-state index in [0.29, 0.717) is 17.9 Å². The van der Waals surface area contributed by atoms with Crippen LogP contribution in [0.2, 0.25) is 0 Å². The van der Waals surface area contributed by atoms with Gasteiger partial charge in [0.15, 0.2) is 16.4 Å². The molecule has 1 aromatic rings. The van der Waals surface area contributed by atoms with Crippen LogP contribution in [0.25, 0.3) is 0 Å². The summed E-state index contributed by atoms with van der Waals surface area (Å²) in [5, 5.41) is 11.1. The van der Waals surface area contributed by atoms with E-state index in [0.717, 1.165) is 0 Å². The average Bonchev–Trinajstić information content (AvgIpc) is 2.78. The Labute approximate surface area is 121 Å². The topological polar surface area (TPSA) is 110 Å². The van der Waals surface area contributed by atoms with Crippen molar-refractivity contribution in [3.05, 3.63) is 24.3 Å². The van der Waals surface area contributed by atoms with E-state index in [1.165, 1.54) is 12.1 Å². The minimum atomic E-state index is -3.09. The average molecular weight is 313 g/mol. The molecule has 1 atom stereocenters. The molecule has 21 heavy (non-hydrogen) atoms. The quantitative estimate of drug-likeness (QED) is 0.820. The summed E-state index contributed by atoms with van der Waals surface area (Å²) < 4.78 is 27.6. The van der Waals surface area contributed by atoms with Crippen LogP contribution < -0.4 is 10.1 Å². The van der Waals surface area contributed by atoms with E-state index in [9.17, 15) is 18.0 Å². The third-order valence-electron chi connectivity index (χ3n) is 3.09. The highest BCUT2D eigenvalue weighted by Crippen LogP contribution is 2.21. The standard InChI is InChI=1S/C13H15NO6S/c15-12(16)7-20-11-3-1-10(2-4-11)14-13(17)9-5-6-21(18,19)8-9/h1-4,9H,5-8H2,(H,14,17)(H,15,16). The molecule has 1 fully saturated rings. The molecule has 7 nitrogen and oxygen atoms in total. The molecule has 0 bridgehead atoms. The fourth-order valence-corrected chi connectivity index (χ4v) is 3.77. The highest BCUT2D eigenvalue weighted by Gasteiger charge is 2.32. The Morgan fingerprint density at radius 3 is 2.48 bits per heavy atom. The van der Waals surface area contributed by atoms with Crippen LogP contribution in [0.3, 0.4) is 0 Å². The minimum absolute atomic E-state index is 0.0487. The molecule has 0 aliphatic carbocycles. The molecule has 0 spiro atoms. The van der Waals surface area contributed by atoms with Gasteiger partial charge in [-0.3, -0.25) is 4.79 Å². The maximum Gasteiger partial charge on any atom is 0.341 e. The van der Waals surface area contributed by atoms with Crippen LogP contribution in [0.1, 0.15) is 6.42 Å². The third-order valence-corrected chi connectivity index (χ3v) is 4.86. The maximum atomic E-state index is 11.9. The molecule has 1 unspecified atom stereocenters. The number of anilines is 1. The van der Waals surface area contributed by atoms with Gasteiger partial charge in [0.2, 0.25) is 5.91 Å². The van der Waals surface area contributed by atoms with Crippen LogP contribution in [0.5, 0.6) is 5.75 Å². The van der Waals surface area contributed by atoms with E-state index in [4.69, 9.17) is 9.84 Å². The largest absolute Gasteiger partial charge is 0.482 e. The van der Waals surface area contributed by atoms with Gasteiger partial charge in [0.25, 0.3) is 0 Å². The van der Waals surface area contributed by atoms with Gasteiger partial charge >= 0.3 is 5.97 Å². The first-order valence-corrected chi connectivity index (χ1v) is 8.14. The Bertz CT molecular complexity index is 637. The number of rotatable bonds is 5. The SMILES string of the molecule is O=C(O)COc1ccc(NC(=O)C2CCS(=O)(=O)C2)cc1. The van der Waals surface area contributed by atoms with Crippen molar-refractivity contribution in [2.45, 2.75) is 6.42 Å². The molecule has 1 aliphatic heterocycles. The predicted octanol–water partition coefficient (Wildman–Crippen LogP) is 0.523. The molecule has 0 saturated carbocycles. The summed E-state index contributed by atoms with van der Waals surface area (Å²) in [4.78, 5) is 22.3. The second-order valence-corrected chi connectivity index (χ2v) is 7.02. The van der Waals surface area contributed by atoms with Gasteiger partial charge in [0.1, 0.15) is 5.75 Å². The lowest BCUT2D eigenvalue weighted by molar-refractivity contribution is -0.139. The van der Waals surface area contributed by atoms with Gasteiger partial charge in [-0.25, -0.2) is 13.2 Å². The molecule has 1 heterocycles. The lowest BCUT2D eigenvalue weighted by Gasteiger charge is -2.10. The van der Waals surface area contributed by atoms with Crippen molar-refractivity contribution >= 4 is 27.4 Å². The van der Waals surface area contributed by atoms with Gasteiger partial charge in [-0.2, -0.15) is 0 Å². The van der Waals surface area contributed by atoms with Gasteiger partial charge in [-0.1, -0.05) is 0 Å². The van der Waals surface area contributed by atoms with E-state index in [2.05, 4.69) is 5.32 Å². The first kappa shape index (κ1) is 15.3. The third kappa shape index (κ3) is 4.45. The zero-order valence-electron chi connectivity index (χ0n) is 11.1. The van der Waals surface area contributed by atoms with E-state index < -0.39 is 28.3 Å². The van der Waals surface area contributed by atoms with E-state index in [1.807, 2.05) is 0 Å². The molecule has 2 rings (SSSR count). The minimum Gasteiger partial charge on any atom is -0.482 e. The van der Waals surface area contributed by atoms with Crippen molar-refractivity contribution in [1.82, 2.24) is 0 Å². The van der Waals surface area contributed by atoms with Crippen LogP contribution >= 0.6 is 0 Å². The Morgan fingerprint density at radius 1 is 1.29 bits per heavy atom. The first-order valence-electron chi connectivity index (χ1n) is 6.32. The lowest BCUT2D eigenvalue weighted by Crippen LogP contribution is -2.23. The van der Waals surface area contributed by atoms with Crippen molar-refractivity contribution in [2.24, 2.45) is 5.92 Å². The number of aliphatic carboxylic acids is 1. The monoisotopic (exact) mass is 313 g/mol. The fraction of sp³-hybridized carbons (Fsp3) is 0.385. The van der Waals surface area contributed by atoms with Crippen LogP contribution in [0.15, 0.2) is 24.3 Å². The number of nitrogens with one attached hydrogen (secondary N) is 1. The Hall–Kier alpha value is -2.09. The molecular formula is C13H15NO6S. The summed E-state index contributed by atoms with van der Waals surface area (Å²) in [5.74, 6) is -1.60. The Balaban J connectivity index is 1.91. The number of benzene rings is 1. The molecule has 1 aromatic carbocycles. The summed E-state index contributed by atoms with van der Waals surface area (Å²) in [6, 6.07) is 6.20. The second-order valence-electron chi connectivity index (χ2n) is 4.80.